The number of carbonyl (C=O) groups excluding carboxylic acids is 2. The number of carboxylic acids is 1. The van der Waals surface area contributed by atoms with Gasteiger partial charge in [0.15, 0.2) is 0 Å². The summed E-state index contributed by atoms with van der Waals surface area (Å²) in [6.07, 6.45) is 1.07. The molecule has 1 aliphatic heterocycles. The van der Waals surface area contributed by atoms with Crippen molar-refractivity contribution < 1.29 is 19.5 Å². The van der Waals surface area contributed by atoms with E-state index in [2.05, 4.69) is 5.32 Å². The number of hydrogen-bond donors (Lipinski definition) is 2. The molecule has 2 rings (SSSR count). The Bertz CT molecular complexity index is 621. The third-order valence-corrected chi connectivity index (χ3v) is 4.18. The molecule has 22 heavy (non-hydrogen) atoms. The molecular formula is C14H14Cl2N2O4. The molecular weight excluding hydrogens is 331 g/mol. The molecule has 1 heterocycles. The molecule has 0 radical (unpaired) electrons. The number of halogens is 2. The summed E-state index contributed by atoms with van der Waals surface area (Å²) in [5.41, 5.74) is 0.276. The first kappa shape index (κ1) is 16.6. The van der Waals surface area contributed by atoms with Crippen molar-refractivity contribution in [1.29, 1.82) is 0 Å². The first-order valence-corrected chi connectivity index (χ1v) is 7.41. The normalized spacial score (nSPS) is 17.4. The van der Waals surface area contributed by atoms with Gasteiger partial charge in [-0.1, -0.05) is 23.2 Å². The van der Waals surface area contributed by atoms with Crippen LogP contribution < -0.4 is 5.32 Å². The number of nitrogens with one attached hydrogen (secondary N) is 1. The summed E-state index contributed by atoms with van der Waals surface area (Å²) in [5, 5.41) is 12.1. The SMILES string of the molecule is O=C(NCC(=O)N1CCC[C@@H]1C(=O)O)c1ccc(Cl)c(Cl)c1. The van der Waals surface area contributed by atoms with Gasteiger partial charge in [-0.15, -0.1) is 0 Å². The molecule has 6 nitrogen and oxygen atoms in total. The Morgan fingerprint density at radius 2 is 2.00 bits per heavy atom. The van der Waals surface area contributed by atoms with Crippen molar-refractivity contribution in [2.45, 2.75) is 18.9 Å². The van der Waals surface area contributed by atoms with Crippen LogP contribution in [0.5, 0.6) is 0 Å². The van der Waals surface area contributed by atoms with Crippen molar-refractivity contribution in [2.75, 3.05) is 13.1 Å². The molecule has 1 saturated heterocycles. The molecule has 118 valence electrons. The van der Waals surface area contributed by atoms with Crippen molar-refractivity contribution in [3.63, 3.8) is 0 Å². The minimum atomic E-state index is -1.03. The maximum atomic E-state index is 12.0. The molecule has 0 aliphatic carbocycles. The van der Waals surface area contributed by atoms with Gasteiger partial charge in [0.2, 0.25) is 5.91 Å². The van der Waals surface area contributed by atoms with Gasteiger partial charge < -0.3 is 15.3 Å². The minimum absolute atomic E-state index is 0.242. The Hall–Kier alpha value is -1.79. The monoisotopic (exact) mass is 344 g/mol. The van der Waals surface area contributed by atoms with E-state index in [1.165, 1.54) is 23.1 Å². The van der Waals surface area contributed by atoms with E-state index >= 15 is 0 Å². The fourth-order valence-electron chi connectivity index (χ4n) is 2.32. The maximum Gasteiger partial charge on any atom is 0.326 e. The molecule has 0 unspecified atom stereocenters. The summed E-state index contributed by atoms with van der Waals surface area (Å²) in [7, 11) is 0. The average molecular weight is 345 g/mol. The van der Waals surface area contributed by atoms with Crippen LogP contribution in [0.1, 0.15) is 23.2 Å². The molecule has 1 aromatic carbocycles. The second-order valence-electron chi connectivity index (χ2n) is 4.89. The van der Waals surface area contributed by atoms with Crippen LogP contribution in [-0.2, 0) is 9.59 Å². The average Bonchev–Trinajstić information content (AvgIpc) is 2.97. The smallest absolute Gasteiger partial charge is 0.326 e. The zero-order valence-corrected chi connectivity index (χ0v) is 13.0. The zero-order chi connectivity index (χ0) is 16.3. The number of nitrogens with zero attached hydrogens (tertiary/aromatic N) is 1. The van der Waals surface area contributed by atoms with E-state index in [1.54, 1.807) is 0 Å². The highest BCUT2D eigenvalue weighted by atomic mass is 35.5. The fraction of sp³-hybridized carbons (Fsp3) is 0.357. The van der Waals surface area contributed by atoms with Crippen LogP contribution in [0.3, 0.4) is 0 Å². The number of hydrogen-bond acceptors (Lipinski definition) is 3. The molecule has 1 fully saturated rings. The number of carbonyl (C=O) groups is 3. The molecule has 2 amide bonds. The van der Waals surface area contributed by atoms with Gasteiger partial charge in [0.05, 0.1) is 16.6 Å². The van der Waals surface area contributed by atoms with Gasteiger partial charge in [-0.25, -0.2) is 4.79 Å². The summed E-state index contributed by atoms with van der Waals surface area (Å²) >= 11 is 11.6. The second kappa shape index (κ2) is 6.98. The van der Waals surface area contributed by atoms with Gasteiger partial charge in [-0.05, 0) is 31.0 Å². The van der Waals surface area contributed by atoms with E-state index in [0.717, 1.165) is 0 Å². The van der Waals surface area contributed by atoms with Crippen molar-refractivity contribution in [1.82, 2.24) is 10.2 Å². The maximum absolute atomic E-state index is 12.0. The van der Waals surface area contributed by atoms with Crippen LogP contribution in [0.2, 0.25) is 10.0 Å². The Morgan fingerprint density at radius 1 is 1.27 bits per heavy atom. The summed E-state index contributed by atoms with van der Waals surface area (Å²) < 4.78 is 0. The quantitative estimate of drug-likeness (QED) is 0.871. The van der Waals surface area contributed by atoms with Gasteiger partial charge >= 0.3 is 5.97 Å². The summed E-state index contributed by atoms with van der Waals surface area (Å²) in [4.78, 5) is 36.3. The largest absolute Gasteiger partial charge is 0.480 e. The Morgan fingerprint density at radius 3 is 2.64 bits per heavy atom. The molecule has 8 heteroatoms. The lowest BCUT2D eigenvalue weighted by molar-refractivity contribution is -0.147. The van der Waals surface area contributed by atoms with Crippen LogP contribution >= 0.6 is 23.2 Å². The number of benzene rings is 1. The Kier molecular flexibility index (Phi) is 5.26. The van der Waals surface area contributed by atoms with Crippen LogP contribution in [-0.4, -0.2) is 46.9 Å². The van der Waals surface area contributed by atoms with Crippen LogP contribution in [0.4, 0.5) is 0 Å². The van der Waals surface area contributed by atoms with Crippen molar-refractivity contribution in [2.24, 2.45) is 0 Å². The summed E-state index contributed by atoms with van der Waals surface area (Å²) in [6, 6.07) is 3.57. The number of rotatable bonds is 4. The summed E-state index contributed by atoms with van der Waals surface area (Å²) in [5.74, 6) is -1.92. The second-order valence-corrected chi connectivity index (χ2v) is 5.71. The molecule has 0 aromatic heterocycles. The first-order chi connectivity index (χ1) is 10.4. The lowest BCUT2D eigenvalue weighted by Crippen LogP contribution is -2.45. The lowest BCUT2D eigenvalue weighted by Gasteiger charge is -2.21. The Balaban J connectivity index is 1.94. The topological polar surface area (TPSA) is 86.7 Å². The van der Waals surface area contributed by atoms with Gasteiger partial charge in [0, 0.05) is 12.1 Å². The van der Waals surface area contributed by atoms with Crippen LogP contribution in [0, 0.1) is 0 Å². The first-order valence-electron chi connectivity index (χ1n) is 6.65. The van der Waals surface area contributed by atoms with Gasteiger partial charge in [-0.3, -0.25) is 9.59 Å². The number of aliphatic carboxylic acids is 1. The highest BCUT2D eigenvalue weighted by molar-refractivity contribution is 6.42. The number of amides is 2. The predicted molar refractivity (Wildman–Crippen MR) is 81.2 cm³/mol. The van der Waals surface area contributed by atoms with Crippen molar-refractivity contribution in [3.05, 3.63) is 33.8 Å². The van der Waals surface area contributed by atoms with Gasteiger partial charge in [0.25, 0.3) is 5.91 Å². The highest BCUT2D eigenvalue weighted by Crippen LogP contribution is 2.22. The van der Waals surface area contributed by atoms with Crippen molar-refractivity contribution >= 4 is 41.0 Å². The molecule has 1 aliphatic rings. The third-order valence-electron chi connectivity index (χ3n) is 3.44. The van der Waals surface area contributed by atoms with E-state index in [0.29, 0.717) is 24.4 Å². The van der Waals surface area contributed by atoms with Gasteiger partial charge in [-0.2, -0.15) is 0 Å². The number of carboxylic acid groups (broad SMARTS) is 1. The Labute approximate surface area is 137 Å². The number of likely N-dealkylation sites (tertiary alicyclic amines) is 1. The molecule has 0 saturated carbocycles. The van der Waals surface area contributed by atoms with E-state index < -0.39 is 23.8 Å². The van der Waals surface area contributed by atoms with E-state index in [1.807, 2.05) is 0 Å². The lowest BCUT2D eigenvalue weighted by atomic mass is 10.2. The van der Waals surface area contributed by atoms with Crippen molar-refractivity contribution in [3.8, 4) is 0 Å². The van der Waals surface area contributed by atoms with Gasteiger partial charge in [0.1, 0.15) is 6.04 Å². The summed E-state index contributed by atoms with van der Waals surface area (Å²) in [6.45, 7) is 0.126. The van der Waals surface area contributed by atoms with E-state index in [-0.39, 0.29) is 17.1 Å². The third kappa shape index (κ3) is 3.69. The highest BCUT2D eigenvalue weighted by Gasteiger charge is 2.33. The molecule has 1 aromatic rings. The van der Waals surface area contributed by atoms with E-state index in [4.69, 9.17) is 28.3 Å². The minimum Gasteiger partial charge on any atom is -0.480 e. The molecule has 0 spiro atoms. The van der Waals surface area contributed by atoms with Crippen LogP contribution in [0.15, 0.2) is 18.2 Å². The zero-order valence-electron chi connectivity index (χ0n) is 11.5. The predicted octanol–water partition coefficient (Wildman–Crippen LogP) is 1.80. The van der Waals surface area contributed by atoms with Crippen LogP contribution in [0.25, 0.3) is 0 Å². The standard InChI is InChI=1S/C14H14Cl2N2O4/c15-9-4-3-8(6-10(9)16)13(20)17-7-12(19)18-5-1-2-11(18)14(21)22/h3-4,6,11H,1-2,5,7H2,(H,17,20)(H,21,22)/t11-/m1/s1. The molecule has 2 N–H and O–H groups in total. The van der Waals surface area contributed by atoms with E-state index in [9.17, 15) is 14.4 Å². The molecule has 0 bridgehead atoms. The fourth-order valence-corrected chi connectivity index (χ4v) is 2.62. The molecule has 1 atom stereocenters.